The van der Waals surface area contributed by atoms with Gasteiger partial charge in [-0.15, -0.1) is 11.3 Å². The molecule has 0 bridgehead atoms. The van der Waals surface area contributed by atoms with Crippen molar-refractivity contribution in [3.05, 3.63) is 193 Å². The molecule has 4 nitrogen and oxygen atoms in total. The molecule has 54 heavy (non-hydrogen) atoms. The van der Waals surface area contributed by atoms with Crippen molar-refractivity contribution in [1.29, 1.82) is 0 Å². The molecule has 0 fully saturated rings. The molecule has 8 aromatic carbocycles. The van der Waals surface area contributed by atoms with E-state index in [1.165, 1.54) is 36.5 Å². The highest BCUT2D eigenvalue weighted by Crippen LogP contribution is 2.41. The van der Waals surface area contributed by atoms with Crippen LogP contribution in [0.25, 0.3) is 75.1 Å². The van der Waals surface area contributed by atoms with Gasteiger partial charge in [0.25, 0.3) is 0 Å². The van der Waals surface area contributed by atoms with E-state index >= 15 is 0 Å². The second kappa shape index (κ2) is 12.4. The Morgan fingerprint density at radius 1 is 0.481 bits per heavy atom. The summed E-state index contributed by atoms with van der Waals surface area (Å²) < 4.78 is 9.13. The van der Waals surface area contributed by atoms with Crippen LogP contribution in [0.4, 0.5) is 0 Å². The van der Waals surface area contributed by atoms with Gasteiger partial charge in [-0.2, -0.15) is 0 Å². The van der Waals surface area contributed by atoms with Crippen LogP contribution in [0.1, 0.15) is 22.9 Å². The zero-order chi connectivity index (χ0) is 35.6. The fraction of sp³-hybridized carbons (Fsp3) is 0.0204. The molecule has 1 N–H and O–H groups in total. The Labute approximate surface area is 315 Å². The average molecular weight is 710 g/mol. The number of hydrogen-bond donors (Lipinski definition) is 1. The highest BCUT2D eigenvalue weighted by molar-refractivity contribution is 7.25. The summed E-state index contributed by atoms with van der Waals surface area (Å²) in [6, 6.07) is 62.0. The predicted molar refractivity (Wildman–Crippen MR) is 227 cm³/mol. The number of amidine groups is 2. The lowest BCUT2D eigenvalue weighted by Crippen LogP contribution is -2.33. The molecule has 11 rings (SSSR count). The smallest absolute Gasteiger partial charge is 0.160 e. The van der Waals surface area contributed by atoms with E-state index in [-0.39, 0.29) is 6.17 Å². The molecular weight excluding hydrogens is 679 g/mol. The van der Waals surface area contributed by atoms with Crippen molar-refractivity contribution in [2.45, 2.75) is 6.17 Å². The first kappa shape index (κ1) is 30.8. The summed E-state index contributed by atoms with van der Waals surface area (Å²) in [5, 5.41) is 10.7. The zero-order valence-corrected chi connectivity index (χ0v) is 29.8. The number of aliphatic imine (C=N–C) groups is 2. The van der Waals surface area contributed by atoms with Crippen LogP contribution in [0, 0.1) is 0 Å². The van der Waals surface area contributed by atoms with Crippen molar-refractivity contribution in [2.24, 2.45) is 9.98 Å². The third kappa shape index (κ3) is 5.05. The predicted octanol–water partition coefficient (Wildman–Crippen LogP) is 12.9. The molecular formula is C49H31N3OS. The van der Waals surface area contributed by atoms with Gasteiger partial charge >= 0.3 is 0 Å². The van der Waals surface area contributed by atoms with E-state index in [2.05, 4.69) is 163 Å². The van der Waals surface area contributed by atoms with Crippen molar-refractivity contribution in [3.63, 3.8) is 0 Å². The lowest BCUT2D eigenvalue weighted by atomic mass is 9.97. The number of nitrogens with zero attached hydrogens (tertiary/aromatic N) is 2. The molecule has 0 spiro atoms. The molecule has 1 atom stereocenters. The maximum Gasteiger partial charge on any atom is 0.160 e. The number of thiophene rings is 1. The summed E-state index contributed by atoms with van der Waals surface area (Å²) in [6.45, 7) is 0. The van der Waals surface area contributed by atoms with E-state index in [4.69, 9.17) is 14.4 Å². The van der Waals surface area contributed by atoms with Gasteiger partial charge in [0.05, 0.1) is 0 Å². The van der Waals surface area contributed by atoms with Crippen molar-refractivity contribution in [1.82, 2.24) is 5.32 Å². The fourth-order valence-corrected chi connectivity index (χ4v) is 9.18. The number of furan rings is 1. The standard InChI is InChI=1S/C49H31N3OS/c1-2-12-30(13-3-1)32-16-8-17-34(28-32)47-50-48(52-49(51-47)40-22-11-25-44-46(40)38-19-6-7-24-43(38)54-44)39-21-10-23-41-45(39)37-27-26-33(29-42(37)53-41)36-20-9-15-31-14-4-5-18-35(31)36/h1-29,49H,(H,50,51,52). The number of benzene rings is 8. The third-order valence-electron chi connectivity index (χ3n) is 10.6. The second-order valence-corrected chi connectivity index (χ2v) is 14.8. The normalized spacial score (nSPS) is 14.5. The van der Waals surface area contributed by atoms with Gasteiger partial charge in [-0.1, -0.05) is 140 Å². The lowest BCUT2D eigenvalue weighted by molar-refractivity contribution is 0.668. The van der Waals surface area contributed by atoms with Gasteiger partial charge in [-0.05, 0) is 69.4 Å². The Balaban J connectivity index is 1.10. The van der Waals surface area contributed by atoms with E-state index in [0.717, 1.165) is 61.2 Å². The Kier molecular flexibility index (Phi) is 7.07. The molecule has 1 aliphatic rings. The molecule has 254 valence electrons. The molecule has 5 heteroatoms. The molecule has 0 saturated heterocycles. The van der Waals surface area contributed by atoms with E-state index in [9.17, 15) is 0 Å². The first-order valence-electron chi connectivity index (χ1n) is 18.2. The van der Waals surface area contributed by atoms with E-state index in [1.807, 2.05) is 29.5 Å². The Hall–Kier alpha value is -6.82. The Bertz CT molecular complexity index is 3150. The van der Waals surface area contributed by atoms with Gasteiger partial charge in [-0.3, -0.25) is 0 Å². The van der Waals surface area contributed by atoms with Crippen LogP contribution in [0.2, 0.25) is 0 Å². The fourth-order valence-electron chi connectivity index (χ4n) is 8.04. The number of fused-ring (bicyclic) bond motifs is 7. The molecule has 0 radical (unpaired) electrons. The molecule has 0 aliphatic carbocycles. The topological polar surface area (TPSA) is 49.9 Å². The minimum absolute atomic E-state index is 0.374. The average Bonchev–Trinajstić information content (AvgIpc) is 3.82. The van der Waals surface area contributed by atoms with Crippen molar-refractivity contribution in [2.75, 3.05) is 0 Å². The largest absolute Gasteiger partial charge is 0.456 e. The second-order valence-electron chi connectivity index (χ2n) is 13.7. The van der Waals surface area contributed by atoms with Crippen LogP contribution in [-0.2, 0) is 0 Å². The first-order valence-corrected chi connectivity index (χ1v) is 19.0. The molecule has 3 heterocycles. The Morgan fingerprint density at radius 3 is 2.15 bits per heavy atom. The van der Waals surface area contributed by atoms with Crippen LogP contribution in [0.15, 0.2) is 190 Å². The first-order chi connectivity index (χ1) is 26.7. The van der Waals surface area contributed by atoms with Gasteiger partial charge in [0.1, 0.15) is 23.2 Å². The number of nitrogens with one attached hydrogen (secondary N) is 1. The Morgan fingerprint density at radius 2 is 1.20 bits per heavy atom. The minimum atomic E-state index is -0.374. The minimum Gasteiger partial charge on any atom is -0.456 e. The van der Waals surface area contributed by atoms with Crippen LogP contribution < -0.4 is 5.32 Å². The molecule has 10 aromatic rings. The molecule has 2 aromatic heterocycles. The van der Waals surface area contributed by atoms with Crippen molar-refractivity contribution in [3.8, 4) is 22.3 Å². The van der Waals surface area contributed by atoms with Crippen LogP contribution in [0.3, 0.4) is 0 Å². The SMILES string of the molecule is c1ccc(-c2cccc(C3=NC(c4cccc5oc6cc(-c7cccc8ccccc78)ccc6c45)=NC(c4cccc5sc6ccccc6c45)N3)c2)cc1. The van der Waals surface area contributed by atoms with Gasteiger partial charge in [-0.25, -0.2) is 9.98 Å². The molecule has 0 amide bonds. The van der Waals surface area contributed by atoms with E-state index in [1.54, 1.807) is 0 Å². The lowest BCUT2D eigenvalue weighted by Gasteiger charge is -2.25. The summed E-state index contributed by atoms with van der Waals surface area (Å²) in [7, 11) is 0. The number of hydrogen-bond acceptors (Lipinski definition) is 5. The number of rotatable bonds is 5. The highest BCUT2D eigenvalue weighted by Gasteiger charge is 2.26. The summed E-state index contributed by atoms with van der Waals surface area (Å²) in [5.74, 6) is 1.45. The monoisotopic (exact) mass is 709 g/mol. The molecule has 1 aliphatic heterocycles. The molecule has 0 saturated carbocycles. The summed E-state index contributed by atoms with van der Waals surface area (Å²) in [4.78, 5) is 10.7. The van der Waals surface area contributed by atoms with Crippen LogP contribution in [0.5, 0.6) is 0 Å². The van der Waals surface area contributed by atoms with E-state index in [0.29, 0.717) is 5.84 Å². The zero-order valence-electron chi connectivity index (χ0n) is 29.0. The summed E-state index contributed by atoms with van der Waals surface area (Å²) in [5.41, 5.74) is 9.31. The molecule has 1 unspecified atom stereocenters. The maximum absolute atomic E-state index is 6.62. The van der Waals surface area contributed by atoms with Gasteiger partial charge in [0, 0.05) is 47.6 Å². The van der Waals surface area contributed by atoms with E-state index < -0.39 is 0 Å². The van der Waals surface area contributed by atoms with Crippen molar-refractivity contribution < 1.29 is 4.42 Å². The van der Waals surface area contributed by atoms with Gasteiger partial charge < -0.3 is 9.73 Å². The summed E-state index contributed by atoms with van der Waals surface area (Å²) >= 11 is 1.82. The van der Waals surface area contributed by atoms with Gasteiger partial charge in [0.15, 0.2) is 5.84 Å². The quantitative estimate of drug-likeness (QED) is 0.193. The van der Waals surface area contributed by atoms with Crippen LogP contribution >= 0.6 is 11.3 Å². The van der Waals surface area contributed by atoms with Crippen LogP contribution in [-0.4, -0.2) is 11.7 Å². The van der Waals surface area contributed by atoms with Crippen molar-refractivity contribution >= 4 is 75.9 Å². The highest BCUT2D eigenvalue weighted by atomic mass is 32.1. The summed E-state index contributed by atoms with van der Waals surface area (Å²) in [6.07, 6.45) is -0.374. The maximum atomic E-state index is 6.62. The third-order valence-corrected chi connectivity index (χ3v) is 11.7. The van der Waals surface area contributed by atoms with Gasteiger partial charge in [0.2, 0.25) is 0 Å².